The van der Waals surface area contributed by atoms with E-state index in [1.54, 1.807) is 25.1 Å². The van der Waals surface area contributed by atoms with Crippen molar-refractivity contribution in [2.75, 3.05) is 6.54 Å². The molecule has 1 rings (SSSR count). The van der Waals surface area contributed by atoms with Gasteiger partial charge in [-0.05, 0) is 46.2 Å². The molecule has 0 aliphatic rings. The number of halogens is 2. The van der Waals surface area contributed by atoms with Crippen LogP contribution in [-0.2, 0) is 0 Å². The Kier molecular flexibility index (Phi) is 5.03. The van der Waals surface area contributed by atoms with E-state index in [1.165, 1.54) is 0 Å². The lowest BCUT2D eigenvalue weighted by molar-refractivity contribution is 0.431. The molecular weight excluding hydrogens is 232 g/mol. The first-order valence-electron chi connectivity index (χ1n) is 6.17. The number of aryl methyl sites for hydroxylation is 1. The highest BCUT2D eigenvalue weighted by atomic mass is 19.2. The van der Waals surface area contributed by atoms with Gasteiger partial charge in [0.25, 0.3) is 0 Å². The van der Waals surface area contributed by atoms with E-state index in [-0.39, 0.29) is 5.54 Å². The molecule has 0 aliphatic carbocycles. The van der Waals surface area contributed by atoms with Gasteiger partial charge in [-0.1, -0.05) is 24.3 Å². The Hall–Kier alpha value is -1.22. The molecule has 0 aromatic heterocycles. The largest absolute Gasteiger partial charge is 0.312 e. The van der Waals surface area contributed by atoms with Crippen LogP contribution in [0.2, 0.25) is 0 Å². The molecule has 1 aromatic carbocycles. The van der Waals surface area contributed by atoms with Crippen molar-refractivity contribution in [2.45, 2.75) is 39.7 Å². The lowest BCUT2D eigenvalue weighted by atomic mass is 10.1. The molecule has 0 amide bonds. The van der Waals surface area contributed by atoms with Crippen molar-refractivity contribution in [3.8, 4) is 0 Å². The van der Waals surface area contributed by atoms with E-state index in [4.69, 9.17) is 0 Å². The molecule has 0 saturated carbocycles. The monoisotopic (exact) mass is 253 g/mol. The minimum Gasteiger partial charge on any atom is -0.312 e. The van der Waals surface area contributed by atoms with E-state index in [9.17, 15) is 8.78 Å². The maximum atomic E-state index is 13.5. The van der Waals surface area contributed by atoms with E-state index in [0.717, 1.165) is 13.0 Å². The van der Waals surface area contributed by atoms with Crippen LogP contribution in [0.4, 0.5) is 8.78 Å². The lowest BCUT2D eigenvalue weighted by Crippen LogP contribution is -2.36. The Morgan fingerprint density at radius 3 is 2.44 bits per heavy atom. The van der Waals surface area contributed by atoms with Crippen LogP contribution >= 0.6 is 0 Å². The molecule has 0 atom stereocenters. The highest BCUT2D eigenvalue weighted by molar-refractivity contribution is 5.50. The smallest absolute Gasteiger partial charge is 0.166 e. The van der Waals surface area contributed by atoms with Crippen LogP contribution in [-0.4, -0.2) is 12.1 Å². The zero-order valence-electron chi connectivity index (χ0n) is 11.5. The number of hydrogen-bond acceptors (Lipinski definition) is 1. The first-order chi connectivity index (χ1) is 8.31. The first kappa shape index (κ1) is 14.8. The van der Waals surface area contributed by atoms with Crippen molar-refractivity contribution in [3.05, 3.63) is 41.0 Å². The third kappa shape index (κ3) is 4.57. The molecule has 0 heterocycles. The summed E-state index contributed by atoms with van der Waals surface area (Å²) >= 11 is 0. The zero-order valence-corrected chi connectivity index (χ0v) is 11.5. The average molecular weight is 253 g/mol. The SMILES string of the molecule is Cc1ccc(/C=C/CCNC(C)(C)C)c(F)c1F. The summed E-state index contributed by atoms with van der Waals surface area (Å²) in [6.45, 7) is 8.64. The van der Waals surface area contributed by atoms with Crippen LogP contribution in [0.3, 0.4) is 0 Å². The third-order valence-electron chi connectivity index (χ3n) is 2.57. The van der Waals surface area contributed by atoms with Crippen LogP contribution in [0.1, 0.15) is 38.3 Å². The molecule has 0 spiro atoms. The standard InChI is InChI=1S/C15H21F2N/c1-11-8-9-12(14(17)13(11)16)7-5-6-10-18-15(2,3)4/h5,7-9,18H,6,10H2,1-4H3/b7-5+. The van der Waals surface area contributed by atoms with Crippen molar-refractivity contribution in [3.63, 3.8) is 0 Å². The number of nitrogens with one attached hydrogen (secondary N) is 1. The minimum atomic E-state index is -0.768. The van der Waals surface area contributed by atoms with E-state index >= 15 is 0 Å². The maximum Gasteiger partial charge on any atom is 0.166 e. The molecule has 18 heavy (non-hydrogen) atoms. The van der Waals surface area contributed by atoms with Gasteiger partial charge in [0.1, 0.15) is 0 Å². The molecule has 0 bridgehead atoms. The lowest BCUT2D eigenvalue weighted by Gasteiger charge is -2.19. The van der Waals surface area contributed by atoms with Crippen molar-refractivity contribution in [2.24, 2.45) is 0 Å². The van der Waals surface area contributed by atoms with Crippen molar-refractivity contribution < 1.29 is 8.78 Å². The molecule has 1 nitrogen and oxygen atoms in total. The van der Waals surface area contributed by atoms with E-state index in [2.05, 4.69) is 26.1 Å². The molecule has 1 N–H and O–H groups in total. The molecule has 0 aliphatic heterocycles. The number of hydrogen-bond donors (Lipinski definition) is 1. The zero-order chi connectivity index (χ0) is 13.8. The van der Waals surface area contributed by atoms with Gasteiger partial charge >= 0.3 is 0 Å². The summed E-state index contributed by atoms with van der Waals surface area (Å²) in [6, 6.07) is 3.19. The van der Waals surface area contributed by atoms with Gasteiger partial charge in [0.2, 0.25) is 0 Å². The molecule has 0 unspecified atom stereocenters. The van der Waals surface area contributed by atoms with Gasteiger partial charge in [-0.25, -0.2) is 8.78 Å². The molecule has 0 fully saturated rings. The molecule has 1 aromatic rings. The van der Waals surface area contributed by atoms with Crippen LogP contribution < -0.4 is 5.32 Å². The molecule has 3 heteroatoms. The van der Waals surface area contributed by atoms with Gasteiger partial charge in [-0.3, -0.25) is 0 Å². The van der Waals surface area contributed by atoms with E-state index in [1.807, 2.05) is 6.08 Å². The summed E-state index contributed by atoms with van der Waals surface area (Å²) < 4.78 is 26.8. The molecule has 0 saturated heterocycles. The van der Waals surface area contributed by atoms with Crippen molar-refractivity contribution in [1.82, 2.24) is 5.32 Å². The first-order valence-corrected chi connectivity index (χ1v) is 6.17. The summed E-state index contributed by atoms with van der Waals surface area (Å²) in [5.74, 6) is -1.53. The van der Waals surface area contributed by atoms with Gasteiger partial charge in [-0.2, -0.15) is 0 Å². The number of rotatable bonds is 4. The molecule has 100 valence electrons. The van der Waals surface area contributed by atoms with Crippen molar-refractivity contribution in [1.29, 1.82) is 0 Å². The molecular formula is C15H21F2N. The second kappa shape index (κ2) is 6.10. The van der Waals surface area contributed by atoms with E-state index < -0.39 is 11.6 Å². The highest BCUT2D eigenvalue weighted by Crippen LogP contribution is 2.16. The van der Waals surface area contributed by atoms with Gasteiger partial charge in [0, 0.05) is 11.1 Å². The Labute approximate surface area is 108 Å². The summed E-state index contributed by atoms with van der Waals surface area (Å²) in [7, 11) is 0. The second-order valence-electron chi connectivity index (χ2n) is 5.47. The normalized spacial score (nSPS) is 12.3. The topological polar surface area (TPSA) is 12.0 Å². The van der Waals surface area contributed by atoms with Crippen LogP contribution in [0.25, 0.3) is 6.08 Å². The minimum absolute atomic E-state index is 0.0784. The highest BCUT2D eigenvalue weighted by Gasteiger charge is 2.08. The summed E-state index contributed by atoms with van der Waals surface area (Å²) in [5, 5.41) is 3.32. The quantitative estimate of drug-likeness (QED) is 0.798. The third-order valence-corrected chi connectivity index (χ3v) is 2.57. The maximum absolute atomic E-state index is 13.5. The Balaban J connectivity index is 2.55. The predicted molar refractivity (Wildman–Crippen MR) is 72.5 cm³/mol. The van der Waals surface area contributed by atoms with Crippen LogP contribution in [0, 0.1) is 18.6 Å². The Morgan fingerprint density at radius 1 is 1.17 bits per heavy atom. The van der Waals surface area contributed by atoms with Gasteiger partial charge in [0.15, 0.2) is 11.6 Å². The Morgan fingerprint density at radius 2 is 1.83 bits per heavy atom. The fourth-order valence-electron chi connectivity index (χ4n) is 1.53. The van der Waals surface area contributed by atoms with Crippen LogP contribution in [0.15, 0.2) is 18.2 Å². The summed E-state index contributed by atoms with van der Waals surface area (Å²) in [5.41, 5.74) is 0.711. The average Bonchev–Trinajstić information content (AvgIpc) is 2.27. The number of benzene rings is 1. The van der Waals surface area contributed by atoms with Gasteiger partial charge < -0.3 is 5.32 Å². The van der Waals surface area contributed by atoms with Gasteiger partial charge in [-0.15, -0.1) is 0 Å². The van der Waals surface area contributed by atoms with E-state index in [0.29, 0.717) is 11.1 Å². The predicted octanol–water partition coefficient (Wildman–Crippen LogP) is 4.06. The molecule has 0 radical (unpaired) electrons. The van der Waals surface area contributed by atoms with Gasteiger partial charge in [0.05, 0.1) is 0 Å². The van der Waals surface area contributed by atoms with Crippen LogP contribution in [0.5, 0.6) is 0 Å². The fourth-order valence-corrected chi connectivity index (χ4v) is 1.53. The summed E-state index contributed by atoms with van der Waals surface area (Å²) in [6.07, 6.45) is 4.26. The summed E-state index contributed by atoms with van der Waals surface area (Å²) in [4.78, 5) is 0. The Bertz CT molecular complexity index is 431. The van der Waals surface area contributed by atoms with Crippen molar-refractivity contribution >= 4 is 6.08 Å². The fraction of sp³-hybridized carbons (Fsp3) is 0.467. The second-order valence-corrected chi connectivity index (χ2v) is 5.47.